The molecule has 1 aromatic heterocycles. The second-order valence-electron chi connectivity index (χ2n) is 8.12. The number of aromatic nitrogens is 2. The fourth-order valence-electron chi connectivity index (χ4n) is 4.04. The van der Waals surface area contributed by atoms with Crippen LogP contribution in [0.1, 0.15) is 37.1 Å². The summed E-state index contributed by atoms with van der Waals surface area (Å²) in [7, 11) is -1.61. The Morgan fingerprint density at radius 1 is 1.10 bits per heavy atom. The highest BCUT2D eigenvalue weighted by Crippen LogP contribution is 2.25. The Bertz CT molecular complexity index is 1210. The number of hydrogen-bond acceptors (Lipinski definition) is 4. The van der Waals surface area contributed by atoms with E-state index in [1.807, 2.05) is 42.8 Å². The molecule has 0 aliphatic carbocycles. The Balaban J connectivity index is 1.49. The van der Waals surface area contributed by atoms with Crippen LogP contribution in [0.3, 0.4) is 0 Å². The van der Waals surface area contributed by atoms with Crippen molar-refractivity contribution in [2.45, 2.75) is 43.9 Å². The first kappa shape index (κ1) is 21.5. The zero-order chi connectivity index (χ0) is 22.0. The minimum atomic E-state index is -3.50. The average molecular weight is 441 g/mol. The molecular formula is C23H28N4O3S. The number of piperidine rings is 1. The van der Waals surface area contributed by atoms with Gasteiger partial charge >= 0.3 is 0 Å². The molecule has 4 rings (SSSR count). The van der Waals surface area contributed by atoms with Crippen molar-refractivity contribution >= 4 is 32.7 Å². The molecule has 31 heavy (non-hydrogen) atoms. The lowest BCUT2D eigenvalue weighted by Crippen LogP contribution is -2.35. The number of carbonyl (C=O) groups excluding carboxylic acids is 1. The molecular weight excluding hydrogens is 412 g/mol. The van der Waals surface area contributed by atoms with Gasteiger partial charge in [-0.25, -0.2) is 13.4 Å². The number of aryl methyl sites for hydroxylation is 3. The zero-order valence-corrected chi connectivity index (χ0v) is 18.8. The molecule has 164 valence electrons. The van der Waals surface area contributed by atoms with Crippen LogP contribution in [0.5, 0.6) is 0 Å². The van der Waals surface area contributed by atoms with Crippen LogP contribution >= 0.6 is 0 Å². The fraction of sp³-hybridized carbons (Fsp3) is 0.391. The predicted molar refractivity (Wildman–Crippen MR) is 121 cm³/mol. The second kappa shape index (κ2) is 8.80. The van der Waals surface area contributed by atoms with Crippen LogP contribution in [0, 0.1) is 6.92 Å². The number of fused-ring (bicyclic) bond motifs is 1. The third-order valence-corrected chi connectivity index (χ3v) is 7.67. The first-order valence-electron chi connectivity index (χ1n) is 10.7. The number of imidazole rings is 1. The van der Waals surface area contributed by atoms with Crippen LogP contribution in [-0.2, 0) is 28.3 Å². The van der Waals surface area contributed by atoms with E-state index in [9.17, 15) is 13.2 Å². The maximum absolute atomic E-state index is 13.0. The normalized spacial score (nSPS) is 15.3. The van der Waals surface area contributed by atoms with Gasteiger partial charge in [0.25, 0.3) is 0 Å². The van der Waals surface area contributed by atoms with Gasteiger partial charge in [0.15, 0.2) is 0 Å². The van der Waals surface area contributed by atoms with Gasteiger partial charge in [0.2, 0.25) is 15.9 Å². The third kappa shape index (κ3) is 4.65. The van der Waals surface area contributed by atoms with E-state index in [-0.39, 0.29) is 10.8 Å². The number of nitrogens with zero attached hydrogens (tertiary/aromatic N) is 3. The minimum absolute atomic E-state index is 0.0778. The largest absolute Gasteiger partial charge is 0.331 e. The van der Waals surface area contributed by atoms with Gasteiger partial charge in [-0.3, -0.25) is 4.79 Å². The monoisotopic (exact) mass is 440 g/mol. The highest BCUT2D eigenvalue weighted by atomic mass is 32.2. The van der Waals surface area contributed by atoms with Crippen molar-refractivity contribution in [2.75, 3.05) is 18.4 Å². The molecule has 1 saturated heterocycles. The van der Waals surface area contributed by atoms with Gasteiger partial charge in [0, 0.05) is 38.7 Å². The number of anilines is 1. The minimum Gasteiger partial charge on any atom is -0.331 e. The molecule has 0 unspecified atom stereocenters. The van der Waals surface area contributed by atoms with Crippen LogP contribution < -0.4 is 5.32 Å². The number of benzene rings is 2. The van der Waals surface area contributed by atoms with Crippen LogP contribution in [0.15, 0.2) is 47.4 Å². The van der Waals surface area contributed by atoms with Crippen molar-refractivity contribution < 1.29 is 13.2 Å². The highest BCUT2D eigenvalue weighted by Gasteiger charge is 2.26. The summed E-state index contributed by atoms with van der Waals surface area (Å²) in [6.07, 6.45) is 3.65. The quantitative estimate of drug-likeness (QED) is 0.634. The summed E-state index contributed by atoms with van der Waals surface area (Å²) in [5.74, 6) is 0.674. The molecule has 0 bridgehead atoms. The van der Waals surface area contributed by atoms with Crippen molar-refractivity contribution in [1.29, 1.82) is 0 Å². The maximum atomic E-state index is 13.0. The Morgan fingerprint density at radius 3 is 2.61 bits per heavy atom. The lowest BCUT2D eigenvalue weighted by atomic mass is 10.2. The number of amides is 1. The van der Waals surface area contributed by atoms with Crippen LogP contribution in [0.25, 0.3) is 11.0 Å². The molecule has 1 amide bonds. The molecule has 2 heterocycles. The van der Waals surface area contributed by atoms with Crippen LogP contribution in [0.2, 0.25) is 0 Å². The molecule has 0 saturated carbocycles. The van der Waals surface area contributed by atoms with E-state index in [4.69, 9.17) is 0 Å². The zero-order valence-electron chi connectivity index (χ0n) is 18.0. The Morgan fingerprint density at radius 2 is 1.87 bits per heavy atom. The molecule has 0 spiro atoms. The molecule has 2 aromatic carbocycles. The molecule has 1 aliphatic heterocycles. The maximum Gasteiger partial charge on any atom is 0.243 e. The molecule has 0 atom stereocenters. The van der Waals surface area contributed by atoms with Gasteiger partial charge in [0.1, 0.15) is 5.82 Å². The van der Waals surface area contributed by atoms with Gasteiger partial charge in [0.05, 0.1) is 15.9 Å². The van der Waals surface area contributed by atoms with Crippen LogP contribution in [0.4, 0.5) is 5.69 Å². The second-order valence-corrected chi connectivity index (χ2v) is 10.1. The smallest absolute Gasteiger partial charge is 0.243 e. The van der Waals surface area contributed by atoms with E-state index in [1.54, 1.807) is 22.5 Å². The van der Waals surface area contributed by atoms with E-state index in [2.05, 4.69) is 10.3 Å². The highest BCUT2D eigenvalue weighted by molar-refractivity contribution is 7.89. The molecule has 1 fully saturated rings. The molecule has 8 heteroatoms. The number of carbonyl (C=O) groups is 1. The van der Waals surface area contributed by atoms with E-state index in [0.29, 0.717) is 31.4 Å². The summed E-state index contributed by atoms with van der Waals surface area (Å²) in [6, 6.07) is 12.8. The standard InChI is InChI=1S/C23H28N4O3S/c1-17-7-6-8-18(15-17)24-23(28)12-11-22-25-20-16-19(9-10-21(20)26(22)2)31(29,30)27-13-4-3-5-14-27/h6-10,15-16H,3-5,11-14H2,1-2H3,(H,24,28). The van der Waals surface area contributed by atoms with Crippen molar-refractivity contribution in [3.63, 3.8) is 0 Å². The third-order valence-electron chi connectivity index (χ3n) is 5.78. The van der Waals surface area contributed by atoms with Gasteiger partial charge in [-0.15, -0.1) is 0 Å². The van der Waals surface area contributed by atoms with Gasteiger partial charge in [-0.05, 0) is 55.7 Å². The average Bonchev–Trinajstić information content (AvgIpc) is 3.08. The fourth-order valence-corrected chi connectivity index (χ4v) is 5.58. The Labute approximate surface area is 183 Å². The summed E-state index contributed by atoms with van der Waals surface area (Å²) in [5.41, 5.74) is 3.35. The SMILES string of the molecule is Cc1cccc(NC(=O)CCc2nc3cc(S(=O)(=O)N4CCCCC4)ccc3n2C)c1. The van der Waals surface area contributed by atoms with Crippen molar-refractivity contribution in [1.82, 2.24) is 13.9 Å². The van der Waals surface area contributed by atoms with E-state index >= 15 is 0 Å². The summed E-state index contributed by atoms with van der Waals surface area (Å²) < 4.78 is 29.4. The van der Waals surface area contributed by atoms with Gasteiger partial charge < -0.3 is 9.88 Å². The van der Waals surface area contributed by atoms with E-state index in [1.165, 1.54) is 0 Å². The lowest BCUT2D eigenvalue weighted by Gasteiger charge is -2.25. The molecule has 3 aromatic rings. The van der Waals surface area contributed by atoms with Crippen molar-refractivity contribution in [3.05, 3.63) is 53.9 Å². The number of hydrogen-bond donors (Lipinski definition) is 1. The number of sulfonamides is 1. The number of nitrogens with one attached hydrogen (secondary N) is 1. The van der Waals surface area contributed by atoms with E-state index < -0.39 is 10.0 Å². The summed E-state index contributed by atoms with van der Waals surface area (Å²) in [6.45, 7) is 3.13. The topological polar surface area (TPSA) is 84.3 Å². The first-order chi connectivity index (χ1) is 14.8. The summed E-state index contributed by atoms with van der Waals surface area (Å²) in [5, 5.41) is 2.91. The van der Waals surface area contributed by atoms with E-state index in [0.717, 1.165) is 41.9 Å². The van der Waals surface area contributed by atoms with Crippen molar-refractivity contribution in [2.24, 2.45) is 7.05 Å². The van der Waals surface area contributed by atoms with Crippen molar-refractivity contribution in [3.8, 4) is 0 Å². The van der Waals surface area contributed by atoms with Gasteiger partial charge in [-0.2, -0.15) is 4.31 Å². The Hall–Kier alpha value is -2.71. The summed E-state index contributed by atoms with van der Waals surface area (Å²) >= 11 is 0. The molecule has 0 radical (unpaired) electrons. The van der Waals surface area contributed by atoms with Crippen LogP contribution in [-0.4, -0.2) is 41.3 Å². The summed E-state index contributed by atoms with van der Waals surface area (Å²) in [4.78, 5) is 17.3. The molecule has 1 N–H and O–H groups in total. The number of rotatable bonds is 6. The lowest BCUT2D eigenvalue weighted by molar-refractivity contribution is -0.116. The molecule has 1 aliphatic rings. The predicted octanol–water partition coefficient (Wildman–Crippen LogP) is 3.63. The first-order valence-corrected chi connectivity index (χ1v) is 12.1. The Kier molecular flexibility index (Phi) is 6.11. The molecule has 7 nitrogen and oxygen atoms in total. The van der Waals surface area contributed by atoms with Gasteiger partial charge in [-0.1, -0.05) is 18.6 Å².